The highest BCUT2D eigenvalue weighted by Gasteiger charge is 2.26. The molecule has 2 heterocycles. The molecule has 1 aliphatic heterocycles. The number of anilines is 1. The summed E-state index contributed by atoms with van der Waals surface area (Å²) in [6, 6.07) is 0. The summed E-state index contributed by atoms with van der Waals surface area (Å²) in [5, 5.41) is 0.546. The summed E-state index contributed by atoms with van der Waals surface area (Å²) in [4.78, 5) is 14.9. The number of hydrogen-bond donors (Lipinski definition) is 1. The number of nitrogens with two attached hydrogens (primary N) is 1. The minimum Gasteiger partial charge on any atom is -0.465 e. The molecule has 0 fully saturated rings. The molecule has 0 aliphatic carbocycles. The second-order valence-electron chi connectivity index (χ2n) is 3.90. The molecule has 0 bridgehead atoms. The Morgan fingerprint density at radius 1 is 1.71 bits per heavy atom. The van der Waals surface area contributed by atoms with Crippen LogP contribution >= 0.6 is 11.3 Å². The quantitative estimate of drug-likeness (QED) is 0.631. The number of carbonyl (C=O) groups excluding carboxylic acids is 1. The summed E-state index contributed by atoms with van der Waals surface area (Å²) in [5.74, 6) is 2.29. The molecule has 4 nitrogen and oxygen atoms in total. The van der Waals surface area contributed by atoms with Crippen LogP contribution < -0.4 is 5.73 Å². The van der Waals surface area contributed by atoms with E-state index in [0.717, 1.165) is 30.0 Å². The number of rotatable bonds is 2. The Kier molecular flexibility index (Phi) is 3.36. The molecular weight excluding hydrogens is 236 g/mol. The number of thiophene rings is 1. The maximum atomic E-state index is 11.6. The monoisotopic (exact) mass is 250 g/mol. The fraction of sp³-hybridized carbons (Fsp3) is 0.417. The van der Waals surface area contributed by atoms with Crippen LogP contribution in [0.15, 0.2) is 0 Å². The molecule has 0 radical (unpaired) electrons. The smallest absolute Gasteiger partial charge is 0.341 e. The van der Waals surface area contributed by atoms with Gasteiger partial charge in [0.05, 0.1) is 19.2 Å². The van der Waals surface area contributed by atoms with Crippen molar-refractivity contribution in [2.24, 2.45) is 0 Å². The zero-order valence-corrected chi connectivity index (χ0v) is 10.5. The van der Waals surface area contributed by atoms with Crippen molar-refractivity contribution in [1.82, 2.24) is 4.90 Å². The van der Waals surface area contributed by atoms with Gasteiger partial charge in [-0.1, -0.05) is 5.92 Å². The summed E-state index contributed by atoms with van der Waals surface area (Å²) in [7, 11) is 1.37. The summed E-state index contributed by atoms with van der Waals surface area (Å²) >= 11 is 1.46. The third-order valence-electron chi connectivity index (χ3n) is 2.87. The number of fused-ring (bicyclic) bond motifs is 1. The minimum atomic E-state index is -0.342. The van der Waals surface area contributed by atoms with E-state index < -0.39 is 0 Å². The number of esters is 1. The Morgan fingerprint density at radius 3 is 3.12 bits per heavy atom. The third-order valence-corrected chi connectivity index (χ3v) is 3.91. The van der Waals surface area contributed by atoms with Gasteiger partial charge in [-0.15, -0.1) is 17.8 Å². The molecule has 5 heteroatoms. The fourth-order valence-corrected chi connectivity index (χ4v) is 3.22. The SMILES string of the molecule is C#CCN1CCc2c(sc(N)c2C(=O)OC)C1. The number of carbonyl (C=O) groups is 1. The lowest BCUT2D eigenvalue weighted by Crippen LogP contribution is -2.30. The van der Waals surface area contributed by atoms with E-state index in [4.69, 9.17) is 16.9 Å². The van der Waals surface area contributed by atoms with Gasteiger partial charge in [-0.25, -0.2) is 4.79 Å². The van der Waals surface area contributed by atoms with Gasteiger partial charge in [0, 0.05) is 18.0 Å². The van der Waals surface area contributed by atoms with E-state index in [9.17, 15) is 4.79 Å². The van der Waals surface area contributed by atoms with Crippen LogP contribution in [0.4, 0.5) is 5.00 Å². The molecule has 90 valence electrons. The van der Waals surface area contributed by atoms with Crippen LogP contribution in [0, 0.1) is 12.3 Å². The Morgan fingerprint density at radius 2 is 2.47 bits per heavy atom. The van der Waals surface area contributed by atoms with Crippen molar-refractivity contribution in [2.75, 3.05) is 25.9 Å². The van der Waals surface area contributed by atoms with Gasteiger partial charge < -0.3 is 10.5 Å². The van der Waals surface area contributed by atoms with Crippen LogP contribution in [0.3, 0.4) is 0 Å². The van der Waals surface area contributed by atoms with Crippen LogP contribution in [0.25, 0.3) is 0 Å². The predicted octanol–water partition coefficient (Wildman–Crippen LogP) is 1.11. The predicted molar refractivity (Wildman–Crippen MR) is 67.9 cm³/mol. The first-order chi connectivity index (χ1) is 8.17. The Balaban J connectivity index is 2.31. The first kappa shape index (κ1) is 12.0. The van der Waals surface area contributed by atoms with Gasteiger partial charge in [-0.2, -0.15) is 0 Å². The summed E-state index contributed by atoms with van der Waals surface area (Å²) < 4.78 is 4.76. The third kappa shape index (κ3) is 2.14. The van der Waals surface area contributed by atoms with Gasteiger partial charge in [0.2, 0.25) is 0 Å². The first-order valence-electron chi connectivity index (χ1n) is 5.31. The molecule has 2 rings (SSSR count). The van der Waals surface area contributed by atoms with Crippen molar-refractivity contribution in [3.05, 3.63) is 16.0 Å². The second-order valence-corrected chi connectivity index (χ2v) is 5.04. The highest BCUT2D eigenvalue weighted by Crippen LogP contribution is 2.35. The molecule has 1 aromatic heterocycles. The Labute approximate surface area is 104 Å². The molecular formula is C12H14N2O2S. The molecule has 0 atom stereocenters. The fourth-order valence-electron chi connectivity index (χ4n) is 2.07. The van der Waals surface area contributed by atoms with E-state index in [-0.39, 0.29) is 5.97 Å². The van der Waals surface area contributed by atoms with Crippen molar-refractivity contribution in [1.29, 1.82) is 0 Å². The Bertz CT molecular complexity index is 487. The van der Waals surface area contributed by atoms with Crippen LogP contribution in [0.1, 0.15) is 20.8 Å². The Hall–Kier alpha value is -1.51. The molecule has 0 spiro atoms. The van der Waals surface area contributed by atoms with E-state index in [1.807, 2.05) is 0 Å². The minimum absolute atomic E-state index is 0.342. The normalized spacial score (nSPS) is 15.1. The zero-order valence-electron chi connectivity index (χ0n) is 9.66. The summed E-state index contributed by atoms with van der Waals surface area (Å²) in [5.41, 5.74) is 7.46. The van der Waals surface area contributed by atoms with Gasteiger partial charge in [0.1, 0.15) is 5.00 Å². The lowest BCUT2D eigenvalue weighted by atomic mass is 10.0. The lowest BCUT2D eigenvalue weighted by Gasteiger charge is -2.24. The van der Waals surface area contributed by atoms with E-state index in [2.05, 4.69) is 10.8 Å². The van der Waals surface area contributed by atoms with Crippen LogP contribution in [-0.4, -0.2) is 31.1 Å². The molecule has 0 aromatic carbocycles. The zero-order chi connectivity index (χ0) is 12.4. The van der Waals surface area contributed by atoms with Gasteiger partial charge in [-0.3, -0.25) is 4.90 Å². The van der Waals surface area contributed by atoms with E-state index >= 15 is 0 Å². The lowest BCUT2D eigenvalue weighted by molar-refractivity contribution is 0.0600. The average molecular weight is 250 g/mol. The molecule has 17 heavy (non-hydrogen) atoms. The van der Waals surface area contributed by atoms with Crippen molar-refractivity contribution in [2.45, 2.75) is 13.0 Å². The maximum Gasteiger partial charge on any atom is 0.341 e. The number of nitrogens with zero attached hydrogens (tertiary/aromatic N) is 1. The van der Waals surface area contributed by atoms with Crippen LogP contribution in [0.2, 0.25) is 0 Å². The standard InChI is InChI=1S/C12H14N2O2S/c1-3-5-14-6-4-8-9(7-14)17-11(13)10(8)12(15)16-2/h1H,4-7,13H2,2H3. The molecule has 0 amide bonds. The van der Waals surface area contributed by atoms with Gasteiger partial charge in [0.15, 0.2) is 0 Å². The van der Waals surface area contributed by atoms with Crippen LogP contribution in [-0.2, 0) is 17.7 Å². The first-order valence-corrected chi connectivity index (χ1v) is 6.13. The number of ether oxygens (including phenoxy) is 1. The van der Waals surface area contributed by atoms with Gasteiger partial charge in [-0.05, 0) is 12.0 Å². The van der Waals surface area contributed by atoms with Crippen molar-refractivity contribution in [3.8, 4) is 12.3 Å². The van der Waals surface area contributed by atoms with Gasteiger partial charge >= 0.3 is 5.97 Å². The van der Waals surface area contributed by atoms with E-state index in [1.165, 1.54) is 18.4 Å². The molecule has 1 aromatic rings. The van der Waals surface area contributed by atoms with Crippen molar-refractivity contribution >= 4 is 22.3 Å². The molecule has 0 unspecified atom stereocenters. The molecule has 2 N–H and O–H groups in total. The summed E-state index contributed by atoms with van der Waals surface area (Å²) in [6.45, 7) is 2.26. The van der Waals surface area contributed by atoms with Crippen molar-refractivity contribution in [3.63, 3.8) is 0 Å². The summed E-state index contributed by atoms with van der Waals surface area (Å²) in [6.07, 6.45) is 6.10. The van der Waals surface area contributed by atoms with Gasteiger partial charge in [0.25, 0.3) is 0 Å². The van der Waals surface area contributed by atoms with E-state index in [0.29, 0.717) is 17.1 Å². The van der Waals surface area contributed by atoms with Crippen LogP contribution in [0.5, 0.6) is 0 Å². The highest BCUT2D eigenvalue weighted by atomic mass is 32.1. The molecule has 1 aliphatic rings. The number of terminal acetylenes is 1. The number of methoxy groups -OCH3 is 1. The number of hydrogen-bond acceptors (Lipinski definition) is 5. The average Bonchev–Trinajstić information content (AvgIpc) is 2.64. The second kappa shape index (κ2) is 4.78. The maximum absolute atomic E-state index is 11.6. The van der Waals surface area contributed by atoms with E-state index in [1.54, 1.807) is 0 Å². The largest absolute Gasteiger partial charge is 0.465 e. The highest BCUT2D eigenvalue weighted by molar-refractivity contribution is 7.16. The van der Waals surface area contributed by atoms with Crippen molar-refractivity contribution < 1.29 is 9.53 Å². The molecule has 0 saturated carbocycles. The topological polar surface area (TPSA) is 55.6 Å². The number of nitrogen functional groups attached to an aromatic ring is 1. The molecule has 0 saturated heterocycles.